The lowest BCUT2D eigenvalue weighted by Gasteiger charge is -2.17. The molecule has 0 aliphatic heterocycles. The number of halogens is 2. The molecule has 2 aromatic rings. The highest BCUT2D eigenvalue weighted by Crippen LogP contribution is 2.42. The number of phenols is 1. The molecule has 0 radical (unpaired) electrons. The van der Waals surface area contributed by atoms with Gasteiger partial charge in [-0.3, -0.25) is 4.79 Å². The van der Waals surface area contributed by atoms with E-state index in [1.165, 1.54) is 0 Å². The first kappa shape index (κ1) is 21.2. The normalized spacial score (nSPS) is 10.7. The summed E-state index contributed by atoms with van der Waals surface area (Å²) in [6.07, 6.45) is 0.670. The zero-order valence-electron chi connectivity index (χ0n) is 15.0. The SMILES string of the molecule is CCc1cc(O)c(C(C)C)cc1Oc1c(Br)cc(NC(=O)C(=O)O)cc1Br. The Kier molecular flexibility index (Phi) is 6.89. The van der Waals surface area contributed by atoms with Crippen LogP contribution in [0.25, 0.3) is 0 Å². The molecule has 0 saturated heterocycles. The van der Waals surface area contributed by atoms with Crippen molar-refractivity contribution in [3.63, 3.8) is 0 Å². The van der Waals surface area contributed by atoms with Crippen LogP contribution in [0, 0.1) is 0 Å². The first-order valence-electron chi connectivity index (χ1n) is 8.21. The maximum absolute atomic E-state index is 11.3. The summed E-state index contributed by atoms with van der Waals surface area (Å²) < 4.78 is 7.13. The predicted octanol–water partition coefficient (Wildman–Crippen LogP) is 5.42. The predicted molar refractivity (Wildman–Crippen MR) is 110 cm³/mol. The van der Waals surface area contributed by atoms with Crippen LogP contribution in [0.4, 0.5) is 5.69 Å². The second kappa shape index (κ2) is 8.75. The molecule has 6 nitrogen and oxygen atoms in total. The first-order chi connectivity index (χ1) is 12.6. The molecule has 0 spiro atoms. The van der Waals surface area contributed by atoms with Crippen molar-refractivity contribution in [1.29, 1.82) is 0 Å². The van der Waals surface area contributed by atoms with Crippen LogP contribution >= 0.6 is 31.9 Å². The Balaban J connectivity index is 2.41. The van der Waals surface area contributed by atoms with E-state index in [4.69, 9.17) is 9.84 Å². The number of aliphatic carboxylic acids is 1. The number of hydrogen-bond acceptors (Lipinski definition) is 4. The monoisotopic (exact) mass is 499 g/mol. The van der Waals surface area contributed by atoms with Crippen LogP contribution in [0.5, 0.6) is 17.2 Å². The molecule has 0 aromatic heterocycles. The molecule has 0 atom stereocenters. The third kappa shape index (κ3) is 5.01. The van der Waals surface area contributed by atoms with Crippen molar-refractivity contribution in [2.75, 3.05) is 5.32 Å². The number of benzene rings is 2. The van der Waals surface area contributed by atoms with Gasteiger partial charge in [0.1, 0.15) is 11.5 Å². The highest BCUT2D eigenvalue weighted by atomic mass is 79.9. The van der Waals surface area contributed by atoms with Gasteiger partial charge in [-0.05, 0) is 74.0 Å². The van der Waals surface area contributed by atoms with Crippen LogP contribution in [0.15, 0.2) is 33.2 Å². The van der Waals surface area contributed by atoms with Gasteiger partial charge in [0.2, 0.25) is 0 Å². The number of hydrogen-bond donors (Lipinski definition) is 3. The van der Waals surface area contributed by atoms with Gasteiger partial charge in [0.15, 0.2) is 5.75 Å². The maximum Gasteiger partial charge on any atom is 0.394 e. The molecule has 1 amide bonds. The molecule has 8 heteroatoms. The molecular formula is C19H19Br2NO5. The number of carbonyl (C=O) groups is 2. The highest BCUT2D eigenvalue weighted by molar-refractivity contribution is 9.11. The minimum absolute atomic E-state index is 0.124. The van der Waals surface area contributed by atoms with Crippen molar-refractivity contribution in [1.82, 2.24) is 0 Å². The van der Waals surface area contributed by atoms with Crippen molar-refractivity contribution in [3.8, 4) is 17.2 Å². The van der Waals surface area contributed by atoms with Gasteiger partial charge >= 0.3 is 11.9 Å². The number of phenolic OH excluding ortho intramolecular Hbond substituents is 1. The molecule has 0 aliphatic rings. The van der Waals surface area contributed by atoms with Crippen LogP contribution in [-0.2, 0) is 16.0 Å². The summed E-state index contributed by atoms with van der Waals surface area (Å²) in [5.74, 6) is -1.25. The Morgan fingerprint density at radius 2 is 1.74 bits per heavy atom. The second-order valence-electron chi connectivity index (χ2n) is 6.16. The van der Waals surface area contributed by atoms with Crippen molar-refractivity contribution in [3.05, 3.63) is 44.3 Å². The first-order valence-corrected chi connectivity index (χ1v) is 9.79. The van der Waals surface area contributed by atoms with Crippen LogP contribution in [0.1, 0.15) is 37.8 Å². The van der Waals surface area contributed by atoms with Crippen molar-refractivity contribution >= 4 is 49.4 Å². The molecule has 0 saturated carbocycles. The number of aryl methyl sites for hydroxylation is 1. The Bertz CT molecular complexity index is 873. The lowest BCUT2D eigenvalue weighted by molar-refractivity contribution is -0.147. The summed E-state index contributed by atoms with van der Waals surface area (Å²) in [5, 5.41) is 21.2. The zero-order valence-corrected chi connectivity index (χ0v) is 18.1. The van der Waals surface area contributed by atoms with E-state index in [9.17, 15) is 14.7 Å². The fourth-order valence-corrected chi connectivity index (χ4v) is 3.83. The maximum atomic E-state index is 11.3. The molecule has 0 unspecified atom stereocenters. The largest absolute Gasteiger partial charge is 0.508 e. The molecule has 2 aromatic carbocycles. The summed E-state index contributed by atoms with van der Waals surface area (Å²) in [6, 6.07) is 6.62. The van der Waals surface area contributed by atoms with Crippen molar-refractivity contribution in [2.45, 2.75) is 33.1 Å². The Morgan fingerprint density at radius 3 is 2.22 bits per heavy atom. The van der Waals surface area contributed by atoms with E-state index in [0.29, 0.717) is 32.6 Å². The lowest BCUT2D eigenvalue weighted by Crippen LogP contribution is -2.21. The number of nitrogens with one attached hydrogen (secondary N) is 1. The number of aromatic hydroxyl groups is 1. The third-order valence-corrected chi connectivity index (χ3v) is 5.05. The average molecular weight is 501 g/mol. The van der Waals surface area contributed by atoms with E-state index in [2.05, 4.69) is 37.2 Å². The molecule has 0 fully saturated rings. The van der Waals surface area contributed by atoms with Gasteiger partial charge in [0.05, 0.1) is 8.95 Å². The smallest absolute Gasteiger partial charge is 0.394 e. The molecular weight excluding hydrogens is 482 g/mol. The van der Waals surface area contributed by atoms with Gasteiger partial charge in [-0.25, -0.2) is 4.79 Å². The van der Waals surface area contributed by atoms with Gasteiger partial charge < -0.3 is 20.3 Å². The van der Waals surface area contributed by atoms with Gasteiger partial charge in [-0.15, -0.1) is 0 Å². The Labute approximate surface area is 173 Å². The topological polar surface area (TPSA) is 95.9 Å². The van der Waals surface area contributed by atoms with Crippen LogP contribution in [0.3, 0.4) is 0 Å². The molecule has 0 aliphatic carbocycles. The summed E-state index contributed by atoms with van der Waals surface area (Å²) in [5.41, 5.74) is 1.93. The number of carbonyl (C=O) groups excluding carboxylic acids is 1. The number of amides is 1. The van der Waals surface area contributed by atoms with Gasteiger partial charge in [0.25, 0.3) is 0 Å². The molecule has 0 heterocycles. The quantitative estimate of drug-likeness (QED) is 0.476. The zero-order chi connectivity index (χ0) is 20.3. The number of ether oxygens (including phenoxy) is 1. The Morgan fingerprint density at radius 1 is 1.15 bits per heavy atom. The van der Waals surface area contributed by atoms with E-state index in [0.717, 1.165) is 11.1 Å². The van der Waals surface area contributed by atoms with Crippen LogP contribution in [-0.4, -0.2) is 22.1 Å². The third-order valence-electron chi connectivity index (χ3n) is 3.88. The average Bonchev–Trinajstić information content (AvgIpc) is 2.58. The minimum atomic E-state index is -1.57. The Hall–Kier alpha value is -2.06. The number of carboxylic acids is 1. The summed E-state index contributed by atoms with van der Waals surface area (Å²) in [7, 11) is 0. The summed E-state index contributed by atoms with van der Waals surface area (Å²) >= 11 is 6.78. The molecule has 0 bridgehead atoms. The van der Waals surface area contributed by atoms with E-state index in [1.54, 1.807) is 18.2 Å². The van der Waals surface area contributed by atoms with E-state index in [1.807, 2.05) is 26.8 Å². The molecule has 2 rings (SSSR count). The van der Waals surface area contributed by atoms with Crippen molar-refractivity contribution < 1.29 is 24.5 Å². The second-order valence-corrected chi connectivity index (χ2v) is 7.87. The summed E-state index contributed by atoms with van der Waals surface area (Å²) in [4.78, 5) is 22.0. The fourth-order valence-electron chi connectivity index (χ4n) is 2.49. The lowest BCUT2D eigenvalue weighted by atomic mass is 9.98. The van der Waals surface area contributed by atoms with Crippen LogP contribution in [0.2, 0.25) is 0 Å². The number of anilines is 1. The number of rotatable bonds is 5. The molecule has 27 heavy (non-hydrogen) atoms. The van der Waals surface area contributed by atoms with E-state index >= 15 is 0 Å². The van der Waals surface area contributed by atoms with E-state index in [-0.39, 0.29) is 11.7 Å². The molecule has 144 valence electrons. The summed E-state index contributed by atoms with van der Waals surface area (Å²) in [6.45, 7) is 5.93. The number of carboxylic acid groups (broad SMARTS) is 1. The van der Waals surface area contributed by atoms with Gasteiger partial charge in [-0.2, -0.15) is 0 Å². The highest BCUT2D eigenvalue weighted by Gasteiger charge is 2.18. The van der Waals surface area contributed by atoms with E-state index < -0.39 is 11.9 Å². The van der Waals surface area contributed by atoms with Gasteiger partial charge in [0, 0.05) is 11.3 Å². The fraction of sp³-hybridized carbons (Fsp3) is 0.263. The molecule has 3 N–H and O–H groups in total. The van der Waals surface area contributed by atoms with Crippen molar-refractivity contribution in [2.24, 2.45) is 0 Å². The van der Waals surface area contributed by atoms with Gasteiger partial charge in [-0.1, -0.05) is 20.8 Å². The standard InChI is InChI=1S/C19H19Br2NO5/c1-4-10-5-15(23)12(9(2)3)8-16(10)27-17-13(20)6-11(7-14(17)21)22-18(24)19(25)26/h5-9,23H,4H2,1-3H3,(H,22,24)(H,25,26). The minimum Gasteiger partial charge on any atom is -0.508 e. The van der Waals surface area contributed by atoms with Crippen LogP contribution < -0.4 is 10.1 Å².